The summed E-state index contributed by atoms with van der Waals surface area (Å²) < 4.78 is 25.7. The van der Waals surface area contributed by atoms with Gasteiger partial charge < -0.3 is 0 Å². The van der Waals surface area contributed by atoms with Crippen molar-refractivity contribution in [1.82, 2.24) is 5.06 Å². The Bertz CT molecular complexity index is 945. The molecule has 1 amide bonds. The minimum atomic E-state index is -3.87. The Morgan fingerprint density at radius 2 is 1.58 bits per heavy atom. The number of nitrogens with zero attached hydrogens (tertiary/aromatic N) is 2. The van der Waals surface area contributed by atoms with Crippen molar-refractivity contribution in [2.45, 2.75) is 29.4 Å². The summed E-state index contributed by atoms with van der Waals surface area (Å²) in [5.41, 5.74) is 2.22. The molecule has 1 saturated heterocycles. The molecule has 26 heavy (non-hydrogen) atoms. The van der Waals surface area contributed by atoms with Crippen molar-refractivity contribution < 1.29 is 18.4 Å². The number of amides is 1. The second kappa shape index (κ2) is 7.28. The van der Waals surface area contributed by atoms with Crippen LogP contribution in [0.15, 0.2) is 53.4 Å². The van der Waals surface area contributed by atoms with Crippen molar-refractivity contribution in [2.75, 3.05) is 6.54 Å². The van der Waals surface area contributed by atoms with Crippen molar-refractivity contribution in [3.8, 4) is 17.2 Å². The Labute approximate surface area is 152 Å². The number of sulfone groups is 1. The van der Waals surface area contributed by atoms with E-state index in [1.54, 1.807) is 36.4 Å². The highest BCUT2D eigenvalue weighted by Crippen LogP contribution is 2.27. The van der Waals surface area contributed by atoms with Crippen LogP contribution in [0.25, 0.3) is 11.1 Å². The lowest BCUT2D eigenvalue weighted by Gasteiger charge is -2.18. The standard InChI is InChI=1S/C19H18N2O4S/c20-13-14-4-6-15(7-5-14)16-8-10-17(11-9-16)26(24,25)18-3-1-2-12-21(23)19(18)22/h4-11,18,23H,1-3,12H2. The minimum Gasteiger partial charge on any atom is -0.286 e. The summed E-state index contributed by atoms with van der Waals surface area (Å²) in [6.07, 6.45) is 1.34. The summed E-state index contributed by atoms with van der Waals surface area (Å²) in [6.45, 7) is 0.155. The number of rotatable bonds is 3. The van der Waals surface area contributed by atoms with Crippen LogP contribution in [0.5, 0.6) is 0 Å². The first-order valence-corrected chi connectivity index (χ1v) is 9.83. The van der Waals surface area contributed by atoms with Gasteiger partial charge in [0.2, 0.25) is 0 Å². The predicted octanol–water partition coefficient (Wildman–Crippen LogP) is 2.77. The van der Waals surface area contributed by atoms with Gasteiger partial charge in [-0.2, -0.15) is 5.26 Å². The summed E-state index contributed by atoms with van der Waals surface area (Å²) >= 11 is 0. The summed E-state index contributed by atoms with van der Waals surface area (Å²) in [5, 5.41) is 17.8. The summed E-state index contributed by atoms with van der Waals surface area (Å²) in [6, 6.07) is 15.3. The van der Waals surface area contributed by atoms with Crippen molar-refractivity contribution >= 4 is 15.7 Å². The Morgan fingerprint density at radius 1 is 1.00 bits per heavy atom. The van der Waals surface area contributed by atoms with Crippen LogP contribution < -0.4 is 0 Å². The number of hydroxylamine groups is 2. The van der Waals surface area contributed by atoms with Gasteiger partial charge in [0, 0.05) is 6.54 Å². The van der Waals surface area contributed by atoms with E-state index in [1.165, 1.54) is 12.1 Å². The van der Waals surface area contributed by atoms with Gasteiger partial charge in [0.25, 0.3) is 5.91 Å². The summed E-state index contributed by atoms with van der Waals surface area (Å²) in [4.78, 5) is 12.2. The third kappa shape index (κ3) is 3.47. The molecule has 2 aromatic carbocycles. The van der Waals surface area contributed by atoms with E-state index in [-0.39, 0.29) is 17.9 Å². The molecule has 1 heterocycles. The van der Waals surface area contributed by atoms with Crippen LogP contribution in [0.1, 0.15) is 24.8 Å². The van der Waals surface area contributed by atoms with Gasteiger partial charge >= 0.3 is 0 Å². The van der Waals surface area contributed by atoms with Gasteiger partial charge in [-0.15, -0.1) is 0 Å². The molecule has 0 saturated carbocycles. The van der Waals surface area contributed by atoms with Crippen LogP contribution in [0, 0.1) is 11.3 Å². The lowest BCUT2D eigenvalue weighted by Crippen LogP contribution is -2.39. The van der Waals surface area contributed by atoms with E-state index in [0.29, 0.717) is 23.5 Å². The fraction of sp³-hybridized carbons (Fsp3) is 0.263. The summed E-state index contributed by atoms with van der Waals surface area (Å²) in [5.74, 6) is -0.765. The summed E-state index contributed by atoms with van der Waals surface area (Å²) in [7, 11) is -3.87. The molecule has 1 aliphatic heterocycles. The van der Waals surface area contributed by atoms with E-state index < -0.39 is 21.0 Å². The molecular weight excluding hydrogens is 352 g/mol. The number of benzene rings is 2. The van der Waals surface area contributed by atoms with Gasteiger partial charge in [0.05, 0.1) is 16.5 Å². The molecular formula is C19H18N2O4S. The van der Waals surface area contributed by atoms with Gasteiger partial charge in [-0.25, -0.2) is 13.5 Å². The van der Waals surface area contributed by atoms with Crippen molar-refractivity contribution in [2.24, 2.45) is 0 Å². The van der Waals surface area contributed by atoms with E-state index in [1.807, 2.05) is 6.07 Å². The lowest BCUT2D eigenvalue weighted by atomic mass is 10.0. The quantitative estimate of drug-likeness (QED) is 0.838. The Morgan fingerprint density at radius 3 is 2.15 bits per heavy atom. The van der Waals surface area contributed by atoms with E-state index in [4.69, 9.17) is 5.26 Å². The third-order valence-electron chi connectivity index (χ3n) is 4.52. The van der Waals surface area contributed by atoms with Gasteiger partial charge in [0.1, 0.15) is 5.25 Å². The second-order valence-electron chi connectivity index (χ2n) is 6.20. The number of nitriles is 1. The first-order chi connectivity index (χ1) is 12.4. The SMILES string of the molecule is N#Cc1ccc(-c2ccc(S(=O)(=O)C3CCCCN(O)C3=O)cc2)cc1. The molecule has 0 aromatic heterocycles. The molecule has 1 N–H and O–H groups in total. The number of hydrogen-bond donors (Lipinski definition) is 1. The largest absolute Gasteiger partial charge is 0.286 e. The predicted molar refractivity (Wildman–Crippen MR) is 94.9 cm³/mol. The van der Waals surface area contributed by atoms with E-state index >= 15 is 0 Å². The zero-order valence-corrected chi connectivity index (χ0v) is 14.8. The molecule has 1 unspecified atom stereocenters. The van der Waals surface area contributed by atoms with Crippen LogP contribution in [0.4, 0.5) is 0 Å². The van der Waals surface area contributed by atoms with Crippen LogP contribution in [0.2, 0.25) is 0 Å². The average Bonchev–Trinajstić information content (AvgIpc) is 2.83. The fourth-order valence-electron chi connectivity index (χ4n) is 3.02. The van der Waals surface area contributed by atoms with Gasteiger partial charge in [-0.3, -0.25) is 10.0 Å². The topological polar surface area (TPSA) is 98.5 Å². The molecule has 0 radical (unpaired) electrons. The molecule has 6 nitrogen and oxygen atoms in total. The van der Waals surface area contributed by atoms with Crippen LogP contribution >= 0.6 is 0 Å². The highest BCUT2D eigenvalue weighted by molar-refractivity contribution is 7.92. The van der Waals surface area contributed by atoms with Crippen LogP contribution in [-0.4, -0.2) is 36.4 Å². The number of hydrogen-bond acceptors (Lipinski definition) is 5. The van der Waals surface area contributed by atoms with E-state index in [9.17, 15) is 18.4 Å². The molecule has 1 atom stereocenters. The molecule has 0 bridgehead atoms. The molecule has 0 aliphatic carbocycles. The van der Waals surface area contributed by atoms with Crippen molar-refractivity contribution in [3.05, 3.63) is 54.1 Å². The maximum absolute atomic E-state index is 12.8. The highest BCUT2D eigenvalue weighted by Gasteiger charge is 2.37. The van der Waals surface area contributed by atoms with Gasteiger partial charge in [0.15, 0.2) is 9.84 Å². The third-order valence-corrected chi connectivity index (χ3v) is 6.64. The smallest absolute Gasteiger partial charge is 0.264 e. The number of carbonyl (C=O) groups is 1. The van der Waals surface area contributed by atoms with Crippen LogP contribution in [0.3, 0.4) is 0 Å². The minimum absolute atomic E-state index is 0.0588. The second-order valence-corrected chi connectivity index (χ2v) is 8.33. The van der Waals surface area contributed by atoms with Crippen molar-refractivity contribution in [1.29, 1.82) is 5.26 Å². The maximum Gasteiger partial charge on any atom is 0.264 e. The molecule has 2 aromatic rings. The Balaban J connectivity index is 1.89. The normalized spacial score (nSPS) is 18.2. The highest BCUT2D eigenvalue weighted by atomic mass is 32.2. The maximum atomic E-state index is 12.8. The Hall–Kier alpha value is -2.69. The zero-order chi connectivity index (χ0) is 18.7. The monoisotopic (exact) mass is 370 g/mol. The molecule has 0 spiro atoms. The molecule has 1 fully saturated rings. The molecule has 1 aliphatic rings. The zero-order valence-electron chi connectivity index (χ0n) is 14.0. The Kier molecular flexibility index (Phi) is 5.07. The fourth-order valence-corrected chi connectivity index (χ4v) is 4.73. The van der Waals surface area contributed by atoms with E-state index in [2.05, 4.69) is 0 Å². The van der Waals surface area contributed by atoms with Gasteiger partial charge in [-0.1, -0.05) is 24.3 Å². The van der Waals surface area contributed by atoms with E-state index in [0.717, 1.165) is 11.1 Å². The lowest BCUT2D eigenvalue weighted by molar-refractivity contribution is -0.163. The van der Waals surface area contributed by atoms with Gasteiger partial charge in [-0.05, 0) is 54.7 Å². The molecule has 7 heteroatoms. The van der Waals surface area contributed by atoms with Crippen molar-refractivity contribution in [3.63, 3.8) is 0 Å². The molecule has 3 rings (SSSR count). The average molecular weight is 370 g/mol. The molecule has 134 valence electrons. The first-order valence-electron chi connectivity index (χ1n) is 8.28. The first kappa shape index (κ1) is 18.1. The number of carbonyl (C=O) groups excluding carboxylic acids is 1. The van der Waals surface area contributed by atoms with Crippen LogP contribution in [-0.2, 0) is 14.6 Å².